The van der Waals surface area contributed by atoms with Gasteiger partial charge >= 0.3 is 0 Å². The second kappa shape index (κ2) is 17.2. The predicted octanol–water partition coefficient (Wildman–Crippen LogP) is 9.93. The molecule has 0 unspecified atom stereocenters. The van der Waals surface area contributed by atoms with Crippen LogP contribution in [0.5, 0.6) is 0 Å². The third-order valence-electron chi connectivity index (χ3n) is 6.20. The van der Waals surface area contributed by atoms with Gasteiger partial charge in [0.15, 0.2) is 0 Å². The van der Waals surface area contributed by atoms with Gasteiger partial charge in [0.1, 0.15) is 0 Å². The third-order valence-corrected chi connectivity index (χ3v) is 17.3. The highest BCUT2D eigenvalue weighted by Crippen LogP contribution is 2.59. The smallest absolute Gasteiger partial charge is 0.0660 e. The highest BCUT2D eigenvalue weighted by Gasteiger charge is 2.27. The number of thioether (sulfide) groups is 8. The van der Waals surface area contributed by atoms with Crippen LogP contribution in [0, 0.1) is 45.3 Å². The van der Waals surface area contributed by atoms with E-state index in [-0.39, 0.29) is 0 Å². The molecule has 220 valence electrons. The molecule has 3 aromatic rings. The second-order valence-electron chi connectivity index (χ2n) is 9.00. The van der Waals surface area contributed by atoms with E-state index in [2.05, 4.69) is 72.8 Å². The van der Waals surface area contributed by atoms with Gasteiger partial charge in [-0.1, -0.05) is 95.6 Å². The first-order chi connectivity index (χ1) is 21.7. The zero-order valence-corrected chi connectivity index (χ0v) is 29.9. The van der Waals surface area contributed by atoms with Crippen molar-refractivity contribution in [3.63, 3.8) is 0 Å². The van der Waals surface area contributed by atoms with Crippen LogP contribution in [0.1, 0.15) is 25.7 Å². The van der Waals surface area contributed by atoms with Gasteiger partial charge in [-0.25, -0.2) is 0 Å². The van der Waals surface area contributed by atoms with E-state index in [0.717, 1.165) is 23.0 Å². The number of benzene rings is 3. The van der Waals surface area contributed by atoms with Crippen LogP contribution in [0.3, 0.4) is 0 Å². The SMILES string of the molecule is N#CCCSC1=C(SCCC#N)SC(=c2c3ccccc3c(=C3SC(SCCC#N)=C(SCCC#N)S3)c3ccccc23)S1. The van der Waals surface area contributed by atoms with Crippen molar-refractivity contribution in [1.29, 1.82) is 21.0 Å². The standard InChI is InChI=1S/C32H24N4S8/c33-13-5-17-37-29-30(38-18-6-14-34)42-27(41-29)25-21-9-1-2-10-22(21)26(24-12-4-3-11-23(24)25)28-43-31(39-19-7-15-35)32(44-28)40-20-8-16-36/h1-4,9-12H,5-8,17-20H2. The Hall–Kier alpha value is -1.84. The van der Waals surface area contributed by atoms with Gasteiger partial charge in [-0.2, -0.15) is 21.0 Å². The molecule has 2 aliphatic heterocycles. The largest absolute Gasteiger partial charge is 0.198 e. The normalized spacial score (nSPS) is 14.7. The van der Waals surface area contributed by atoms with E-state index in [4.69, 9.17) is 21.0 Å². The summed E-state index contributed by atoms with van der Waals surface area (Å²) in [6.07, 6.45) is 2.00. The molecule has 2 aliphatic rings. The first-order valence-corrected chi connectivity index (χ1v) is 20.8. The van der Waals surface area contributed by atoms with Crippen LogP contribution in [0.25, 0.3) is 30.0 Å². The number of rotatable bonds is 12. The van der Waals surface area contributed by atoms with Crippen molar-refractivity contribution in [3.8, 4) is 24.3 Å². The molecular formula is C32H24N4S8. The molecule has 0 fully saturated rings. The fourth-order valence-corrected chi connectivity index (χ4v) is 16.0. The highest BCUT2D eigenvalue weighted by atomic mass is 32.3. The van der Waals surface area contributed by atoms with Crippen molar-refractivity contribution < 1.29 is 0 Å². The minimum Gasteiger partial charge on any atom is -0.198 e. The molecule has 5 rings (SSSR count). The first-order valence-electron chi connectivity index (χ1n) is 13.6. The van der Waals surface area contributed by atoms with Crippen molar-refractivity contribution in [2.75, 3.05) is 23.0 Å². The van der Waals surface area contributed by atoms with E-state index >= 15 is 0 Å². The van der Waals surface area contributed by atoms with Crippen LogP contribution < -0.4 is 10.4 Å². The second-order valence-corrected chi connectivity index (χ2v) is 19.1. The summed E-state index contributed by atoms with van der Waals surface area (Å²) in [6.45, 7) is 0. The summed E-state index contributed by atoms with van der Waals surface area (Å²) >= 11 is 14.1. The first kappa shape index (κ1) is 33.5. The molecule has 0 spiro atoms. The van der Waals surface area contributed by atoms with Crippen LogP contribution in [-0.2, 0) is 0 Å². The lowest BCUT2D eigenvalue weighted by atomic mass is 9.99. The molecular weight excluding hydrogens is 697 g/mol. The topological polar surface area (TPSA) is 95.2 Å². The number of hydrogen-bond donors (Lipinski definition) is 0. The lowest BCUT2D eigenvalue weighted by molar-refractivity contribution is 1.24. The maximum Gasteiger partial charge on any atom is 0.0660 e. The monoisotopic (exact) mass is 720 g/mol. The molecule has 4 nitrogen and oxygen atoms in total. The fourth-order valence-electron chi connectivity index (χ4n) is 4.43. The average Bonchev–Trinajstić information content (AvgIpc) is 3.63. The maximum absolute atomic E-state index is 9.13. The number of hydrogen-bond acceptors (Lipinski definition) is 12. The molecule has 0 radical (unpaired) electrons. The molecule has 0 atom stereocenters. The van der Waals surface area contributed by atoms with Gasteiger partial charge in [-0.15, -0.1) is 47.0 Å². The Morgan fingerprint density at radius 1 is 0.432 bits per heavy atom. The zero-order valence-electron chi connectivity index (χ0n) is 23.3. The zero-order chi connectivity index (χ0) is 30.7. The quantitative estimate of drug-likeness (QED) is 0.132. The average molecular weight is 721 g/mol. The van der Waals surface area contributed by atoms with Gasteiger partial charge in [0.05, 0.1) is 49.7 Å². The third kappa shape index (κ3) is 7.92. The minimum absolute atomic E-state index is 0.501. The molecule has 0 saturated carbocycles. The molecule has 0 N–H and O–H groups in total. The summed E-state index contributed by atoms with van der Waals surface area (Å²) in [6, 6.07) is 26.4. The van der Waals surface area contributed by atoms with Crippen molar-refractivity contribution in [2.45, 2.75) is 25.7 Å². The summed E-state index contributed by atoms with van der Waals surface area (Å²) in [5, 5.41) is 43.8. The Bertz CT molecular complexity index is 1670. The van der Waals surface area contributed by atoms with Crippen LogP contribution in [0.4, 0.5) is 0 Å². The van der Waals surface area contributed by atoms with Crippen molar-refractivity contribution in [2.24, 2.45) is 0 Å². The Morgan fingerprint density at radius 2 is 0.682 bits per heavy atom. The molecule has 0 amide bonds. The van der Waals surface area contributed by atoms with Crippen LogP contribution in [0.2, 0.25) is 0 Å². The summed E-state index contributed by atoms with van der Waals surface area (Å²) in [7, 11) is 0. The number of nitriles is 4. The lowest BCUT2D eigenvalue weighted by Gasteiger charge is -2.11. The van der Waals surface area contributed by atoms with E-state index in [1.54, 1.807) is 94.1 Å². The van der Waals surface area contributed by atoms with Crippen molar-refractivity contribution >= 4 is 124 Å². The Morgan fingerprint density at radius 3 is 0.909 bits per heavy atom. The highest BCUT2D eigenvalue weighted by molar-refractivity contribution is 8.46. The van der Waals surface area contributed by atoms with Gasteiger partial charge in [-0.05, 0) is 21.5 Å². The maximum atomic E-state index is 9.13. The summed E-state index contributed by atoms with van der Waals surface area (Å²) in [5.74, 6) is 2.99. The molecule has 2 heterocycles. The minimum atomic E-state index is 0.501. The van der Waals surface area contributed by atoms with Gasteiger partial charge < -0.3 is 0 Å². The van der Waals surface area contributed by atoms with Crippen LogP contribution in [-0.4, -0.2) is 23.0 Å². The Balaban J connectivity index is 1.67. The molecule has 3 aromatic carbocycles. The molecule has 0 saturated heterocycles. The van der Waals surface area contributed by atoms with Gasteiger partial charge in [0.25, 0.3) is 0 Å². The Labute approximate surface area is 291 Å². The van der Waals surface area contributed by atoms with Crippen molar-refractivity contribution in [1.82, 2.24) is 0 Å². The van der Waals surface area contributed by atoms with Gasteiger partial charge in [-0.3, -0.25) is 0 Å². The molecule has 0 aromatic heterocycles. The van der Waals surface area contributed by atoms with Crippen LogP contribution in [0.15, 0.2) is 65.5 Å². The van der Waals surface area contributed by atoms with E-state index in [9.17, 15) is 0 Å². The summed E-state index contributed by atoms with van der Waals surface area (Å²) < 4.78 is 7.35. The van der Waals surface area contributed by atoms with E-state index < -0.39 is 0 Å². The predicted molar refractivity (Wildman–Crippen MR) is 203 cm³/mol. The molecule has 12 heteroatoms. The lowest BCUT2D eigenvalue weighted by Crippen LogP contribution is -2.16. The molecule has 0 aliphatic carbocycles. The van der Waals surface area contributed by atoms with Crippen molar-refractivity contribution in [3.05, 3.63) is 75.9 Å². The van der Waals surface area contributed by atoms with Gasteiger partial charge in [0.2, 0.25) is 0 Å². The van der Waals surface area contributed by atoms with E-state index in [0.29, 0.717) is 25.7 Å². The fraction of sp³-hybridized carbons (Fsp3) is 0.250. The van der Waals surface area contributed by atoms with Crippen LogP contribution >= 0.6 is 94.1 Å². The Kier molecular flexibility index (Phi) is 13.1. The molecule has 44 heavy (non-hydrogen) atoms. The van der Waals surface area contributed by atoms with E-state index in [1.807, 2.05) is 0 Å². The number of nitrogens with zero attached hydrogens (tertiary/aromatic N) is 4. The number of fused-ring (bicyclic) bond motifs is 2. The summed E-state index contributed by atoms with van der Waals surface area (Å²) in [5.41, 5.74) is 0. The molecule has 0 bridgehead atoms. The summed E-state index contributed by atoms with van der Waals surface area (Å²) in [4.78, 5) is 0. The van der Waals surface area contributed by atoms with Gasteiger partial charge in [0, 0.05) is 59.1 Å². The van der Waals surface area contributed by atoms with E-state index in [1.165, 1.54) is 57.4 Å².